The van der Waals surface area contributed by atoms with Gasteiger partial charge in [-0.05, 0) is 7.05 Å². The van der Waals surface area contributed by atoms with Gasteiger partial charge in [0.2, 0.25) is 0 Å². The van der Waals surface area contributed by atoms with E-state index >= 15 is 0 Å². The third kappa shape index (κ3) is 0.793. The fourth-order valence-corrected chi connectivity index (χ4v) is 0.784. The van der Waals surface area contributed by atoms with Gasteiger partial charge in [0.05, 0.1) is 6.04 Å². The molecule has 0 saturated carbocycles. The number of hydrogen-bond acceptors (Lipinski definition) is 2. The van der Waals surface area contributed by atoms with Crippen molar-refractivity contribution in [3.8, 4) is 0 Å². The molecule has 0 aromatic rings. The van der Waals surface area contributed by atoms with Crippen molar-refractivity contribution in [2.45, 2.75) is 6.04 Å². The van der Waals surface area contributed by atoms with Crippen LogP contribution in [-0.4, -0.2) is 30.8 Å². The van der Waals surface area contributed by atoms with Crippen LogP contribution in [0.25, 0.3) is 0 Å². The van der Waals surface area contributed by atoms with Gasteiger partial charge in [-0.3, -0.25) is 4.90 Å². The van der Waals surface area contributed by atoms with E-state index in [2.05, 4.69) is 0 Å². The van der Waals surface area contributed by atoms with E-state index in [1.54, 1.807) is 0 Å². The first kappa shape index (κ1) is 5.51. The number of aldehydes is 1. The molecule has 2 heteroatoms. The van der Waals surface area contributed by atoms with Crippen LogP contribution < -0.4 is 0 Å². The summed E-state index contributed by atoms with van der Waals surface area (Å²) in [7, 11) is 1.93. The van der Waals surface area contributed by atoms with Crippen LogP contribution in [-0.2, 0) is 4.79 Å². The third-order valence-corrected chi connectivity index (χ3v) is 1.38. The standard InChI is InChI=1S/C6H9NO/c1-7-4-2-3-6(7)5-8/h2-3,5-6H,4H2,1H3. The van der Waals surface area contributed by atoms with Crippen molar-refractivity contribution in [3.05, 3.63) is 12.2 Å². The van der Waals surface area contributed by atoms with E-state index in [1.807, 2.05) is 24.1 Å². The second-order valence-electron chi connectivity index (χ2n) is 1.99. The number of nitrogens with zero attached hydrogens (tertiary/aromatic N) is 1. The van der Waals surface area contributed by atoms with Crippen LogP contribution in [0.4, 0.5) is 0 Å². The summed E-state index contributed by atoms with van der Waals surface area (Å²) in [5, 5.41) is 0. The molecule has 1 heterocycles. The molecule has 1 unspecified atom stereocenters. The molecule has 0 radical (unpaired) electrons. The molecule has 0 N–H and O–H groups in total. The number of likely N-dealkylation sites (N-methyl/N-ethyl adjacent to an activating group) is 1. The molecule has 0 fully saturated rings. The summed E-state index contributed by atoms with van der Waals surface area (Å²) in [5.74, 6) is 0. The number of carbonyl (C=O) groups is 1. The summed E-state index contributed by atoms with van der Waals surface area (Å²) < 4.78 is 0. The Hall–Kier alpha value is -0.630. The van der Waals surface area contributed by atoms with Crippen molar-refractivity contribution in [3.63, 3.8) is 0 Å². The summed E-state index contributed by atoms with van der Waals surface area (Å²) in [6.07, 6.45) is 4.86. The molecule has 0 bridgehead atoms. The zero-order valence-electron chi connectivity index (χ0n) is 4.87. The predicted molar refractivity (Wildman–Crippen MR) is 31.6 cm³/mol. The van der Waals surface area contributed by atoms with Crippen molar-refractivity contribution in [2.75, 3.05) is 13.6 Å². The summed E-state index contributed by atoms with van der Waals surface area (Å²) in [4.78, 5) is 12.1. The highest BCUT2D eigenvalue weighted by atomic mass is 16.1. The lowest BCUT2D eigenvalue weighted by molar-refractivity contribution is -0.110. The SMILES string of the molecule is CN1CC=CC1C=O. The van der Waals surface area contributed by atoms with Crippen LogP contribution in [0.1, 0.15) is 0 Å². The van der Waals surface area contributed by atoms with Crippen LogP contribution >= 0.6 is 0 Å². The van der Waals surface area contributed by atoms with E-state index in [4.69, 9.17) is 0 Å². The van der Waals surface area contributed by atoms with Crippen LogP contribution in [0.15, 0.2) is 12.2 Å². The van der Waals surface area contributed by atoms with Gasteiger partial charge in [0.15, 0.2) is 0 Å². The van der Waals surface area contributed by atoms with E-state index in [9.17, 15) is 4.79 Å². The van der Waals surface area contributed by atoms with Gasteiger partial charge in [-0.15, -0.1) is 0 Å². The zero-order chi connectivity index (χ0) is 5.98. The molecule has 0 aliphatic carbocycles. The van der Waals surface area contributed by atoms with Gasteiger partial charge in [-0.25, -0.2) is 0 Å². The second kappa shape index (κ2) is 2.09. The maximum Gasteiger partial charge on any atom is 0.141 e. The second-order valence-corrected chi connectivity index (χ2v) is 1.99. The van der Waals surface area contributed by atoms with Crippen molar-refractivity contribution < 1.29 is 4.79 Å². The Balaban J connectivity index is 2.52. The molecule has 1 atom stereocenters. The normalized spacial score (nSPS) is 28.9. The van der Waals surface area contributed by atoms with Gasteiger partial charge in [-0.1, -0.05) is 12.2 Å². The molecule has 0 saturated heterocycles. The van der Waals surface area contributed by atoms with E-state index in [-0.39, 0.29) is 6.04 Å². The summed E-state index contributed by atoms with van der Waals surface area (Å²) in [6, 6.07) is 0.0370. The number of carbonyl (C=O) groups excluding carboxylic acids is 1. The summed E-state index contributed by atoms with van der Waals surface area (Å²) in [5.41, 5.74) is 0. The molecular weight excluding hydrogens is 102 g/mol. The smallest absolute Gasteiger partial charge is 0.141 e. The first-order valence-electron chi connectivity index (χ1n) is 2.67. The lowest BCUT2D eigenvalue weighted by Gasteiger charge is -2.10. The average Bonchev–Trinajstić information content (AvgIpc) is 2.14. The highest BCUT2D eigenvalue weighted by Crippen LogP contribution is 2.01. The minimum Gasteiger partial charge on any atom is -0.301 e. The lowest BCUT2D eigenvalue weighted by atomic mass is 10.3. The first-order valence-corrected chi connectivity index (χ1v) is 2.67. The quantitative estimate of drug-likeness (QED) is 0.352. The van der Waals surface area contributed by atoms with E-state index in [1.165, 1.54) is 0 Å². The van der Waals surface area contributed by atoms with Crippen LogP contribution in [0.5, 0.6) is 0 Å². The minimum atomic E-state index is 0.0370. The fourth-order valence-electron chi connectivity index (χ4n) is 0.784. The van der Waals surface area contributed by atoms with Crippen molar-refractivity contribution in [1.82, 2.24) is 4.90 Å². The molecule has 2 nitrogen and oxygen atoms in total. The third-order valence-electron chi connectivity index (χ3n) is 1.38. The van der Waals surface area contributed by atoms with E-state index < -0.39 is 0 Å². The van der Waals surface area contributed by atoms with E-state index in [0.29, 0.717) is 0 Å². The molecular formula is C6H9NO. The van der Waals surface area contributed by atoms with Gasteiger partial charge < -0.3 is 4.79 Å². The Morgan fingerprint density at radius 1 is 1.88 bits per heavy atom. The van der Waals surface area contributed by atoms with Crippen molar-refractivity contribution in [1.29, 1.82) is 0 Å². The monoisotopic (exact) mass is 111 g/mol. The summed E-state index contributed by atoms with van der Waals surface area (Å²) >= 11 is 0. The van der Waals surface area contributed by atoms with Gasteiger partial charge in [-0.2, -0.15) is 0 Å². The van der Waals surface area contributed by atoms with Gasteiger partial charge in [0.1, 0.15) is 6.29 Å². The van der Waals surface area contributed by atoms with Gasteiger partial charge >= 0.3 is 0 Å². The van der Waals surface area contributed by atoms with Crippen LogP contribution in [0, 0.1) is 0 Å². The average molecular weight is 111 g/mol. The minimum absolute atomic E-state index is 0.0370. The number of hydrogen-bond donors (Lipinski definition) is 0. The first-order chi connectivity index (χ1) is 3.84. The molecule has 44 valence electrons. The van der Waals surface area contributed by atoms with Crippen LogP contribution in [0.3, 0.4) is 0 Å². The Bertz CT molecular complexity index is 120. The fraction of sp³-hybridized carbons (Fsp3) is 0.500. The molecule has 0 spiro atoms. The Morgan fingerprint density at radius 3 is 2.88 bits per heavy atom. The topological polar surface area (TPSA) is 20.3 Å². The van der Waals surface area contributed by atoms with Gasteiger partial charge in [0, 0.05) is 6.54 Å². The Morgan fingerprint density at radius 2 is 2.62 bits per heavy atom. The zero-order valence-corrected chi connectivity index (χ0v) is 4.87. The lowest BCUT2D eigenvalue weighted by Crippen LogP contribution is -2.26. The maximum absolute atomic E-state index is 10.1. The predicted octanol–water partition coefficient (Wildman–Crippen LogP) is 0.0555. The summed E-state index contributed by atoms with van der Waals surface area (Å²) in [6.45, 7) is 0.906. The molecule has 0 aromatic carbocycles. The molecule has 8 heavy (non-hydrogen) atoms. The molecule has 1 rings (SSSR count). The number of rotatable bonds is 1. The van der Waals surface area contributed by atoms with Crippen molar-refractivity contribution >= 4 is 6.29 Å². The molecule has 0 amide bonds. The van der Waals surface area contributed by atoms with E-state index in [0.717, 1.165) is 12.8 Å². The van der Waals surface area contributed by atoms with Gasteiger partial charge in [0.25, 0.3) is 0 Å². The highest BCUT2D eigenvalue weighted by molar-refractivity contribution is 5.61. The largest absolute Gasteiger partial charge is 0.301 e. The molecule has 1 aliphatic heterocycles. The Kier molecular flexibility index (Phi) is 1.44. The Labute approximate surface area is 48.8 Å². The molecule has 0 aromatic heterocycles. The maximum atomic E-state index is 10.1. The van der Waals surface area contributed by atoms with Crippen LogP contribution in [0.2, 0.25) is 0 Å². The highest BCUT2D eigenvalue weighted by Gasteiger charge is 2.12. The molecule has 1 aliphatic rings. The van der Waals surface area contributed by atoms with Crippen molar-refractivity contribution in [2.24, 2.45) is 0 Å².